The number of benzene rings is 3. The Morgan fingerprint density at radius 2 is 1.80 bits per heavy atom. The number of hydrogen-bond donors (Lipinski definition) is 2. The van der Waals surface area contributed by atoms with Crippen LogP contribution in [0.2, 0.25) is 0 Å². The number of amides is 4. The van der Waals surface area contributed by atoms with Crippen LogP contribution in [0.1, 0.15) is 29.2 Å². The molecule has 0 aromatic heterocycles. The third-order valence-corrected chi connectivity index (χ3v) is 6.02. The number of ether oxygens (including phenoxy) is 2. The first-order valence-electron chi connectivity index (χ1n) is 12.8. The molecule has 4 rings (SSSR count). The average molecular weight is 544 g/mol. The van der Waals surface area contributed by atoms with Gasteiger partial charge in [0.1, 0.15) is 24.7 Å². The number of rotatable bonds is 11. The standard InChI is InChI=1S/C31H30FN3O5/c1-4-6-23-15-22(17-27(39-5-2)29(23)40-19-21-9-11-24(32)12-10-21)16-26-30(37)35(31(38)34-26)18-28(36)33-25-13-7-20(3)8-14-25/h4,7-17H,1,5-6,18-19H2,2-3H3,(H,33,36)(H,34,38)/b26-16+. The van der Waals surface area contributed by atoms with E-state index < -0.39 is 24.4 Å². The molecule has 1 saturated heterocycles. The third kappa shape index (κ3) is 6.93. The molecule has 206 valence electrons. The number of anilines is 1. The number of nitrogens with one attached hydrogen (secondary N) is 2. The molecule has 0 aliphatic carbocycles. The van der Waals surface area contributed by atoms with Crippen LogP contribution >= 0.6 is 0 Å². The first-order valence-corrected chi connectivity index (χ1v) is 12.8. The average Bonchev–Trinajstić information content (AvgIpc) is 3.18. The molecule has 1 aliphatic rings. The Morgan fingerprint density at radius 3 is 2.48 bits per heavy atom. The van der Waals surface area contributed by atoms with E-state index in [0.717, 1.165) is 21.6 Å². The van der Waals surface area contributed by atoms with Crippen LogP contribution in [-0.4, -0.2) is 35.9 Å². The highest BCUT2D eigenvalue weighted by Gasteiger charge is 2.35. The van der Waals surface area contributed by atoms with Gasteiger partial charge in [0, 0.05) is 11.3 Å². The first kappa shape index (κ1) is 28.1. The minimum absolute atomic E-state index is 0.0279. The molecule has 4 amide bonds. The Morgan fingerprint density at radius 1 is 1.07 bits per heavy atom. The highest BCUT2D eigenvalue weighted by molar-refractivity contribution is 6.16. The normalized spacial score (nSPS) is 13.8. The van der Waals surface area contributed by atoms with E-state index in [-0.39, 0.29) is 18.1 Å². The summed E-state index contributed by atoms with van der Waals surface area (Å²) in [6.45, 7) is 7.71. The molecule has 3 aromatic carbocycles. The van der Waals surface area contributed by atoms with E-state index in [1.165, 1.54) is 18.2 Å². The van der Waals surface area contributed by atoms with E-state index in [4.69, 9.17) is 9.47 Å². The molecule has 0 unspecified atom stereocenters. The van der Waals surface area contributed by atoms with Crippen LogP contribution in [0.25, 0.3) is 6.08 Å². The maximum atomic E-state index is 13.3. The molecule has 1 heterocycles. The summed E-state index contributed by atoms with van der Waals surface area (Å²) in [5, 5.41) is 5.23. The summed E-state index contributed by atoms with van der Waals surface area (Å²) in [5.41, 5.74) is 3.76. The fourth-order valence-corrected chi connectivity index (χ4v) is 4.10. The Kier molecular flexibility index (Phi) is 8.96. The van der Waals surface area contributed by atoms with E-state index in [0.29, 0.717) is 35.8 Å². The molecule has 9 heteroatoms. The lowest BCUT2D eigenvalue weighted by Gasteiger charge is -2.17. The van der Waals surface area contributed by atoms with Gasteiger partial charge in [0.15, 0.2) is 11.5 Å². The fraction of sp³-hybridized carbons (Fsp3) is 0.194. The summed E-state index contributed by atoms with van der Waals surface area (Å²) in [4.78, 5) is 38.9. The number of aryl methyl sites for hydroxylation is 1. The number of nitrogens with zero attached hydrogens (tertiary/aromatic N) is 1. The quantitative estimate of drug-likeness (QED) is 0.193. The van der Waals surface area contributed by atoms with Crippen LogP contribution in [-0.2, 0) is 22.6 Å². The van der Waals surface area contributed by atoms with Gasteiger partial charge in [0.25, 0.3) is 5.91 Å². The van der Waals surface area contributed by atoms with Gasteiger partial charge in [0.05, 0.1) is 6.61 Å². The zero-order chi connectivity index (χ0) is 28.6. The van der Waals surface area contributed by atoms with Crippen molar-refractivity contribution in [2.24, 2.45) is 0 Å². The van der Waals surface area contributed by atoms with E-state index in [1.807, 2.05) is 32.0 Å². The molecule has 8 nitrogen and oxygen atoms in total. The van der Waals surface area contributed by atoms with Gasteiger partial charge in [0.2, 0.25) is 5.91 Å². The minimum Gasteiger partial charge on any atom is -0.490 e. The Bertz CT molecular complexity index is 1450. The summed E-state index contributed by atoms with van der Waals surface area (Å²) >= 11 is 0. The van der Waals surface area contributed by atoms with Gasteiger partial charge in [-0.25, -0.2) is 14.1 Å². The van der Waals surface area contributed by atoms with E-state index >= 15 is 0 Å². The maximum Gasteiger partial charge on any atom is 0.329 e. The summed E-state index contributed by atoms with van der Waals surface area (Å²) in [5.74, 6) is -0.499. The Hall–Kier alpha value is -4.92. The van der Waals surface area contributed by atoms with Crippen LogP contribution in [0.5, 0.6) is 11.5 Å². The largest absolute Gasteiger partial charge is 0.490 e. The monoisotopic (exact) mass is 543 g/mol. The lowest BCUT2D eigenvalue weighted by molar-refractivity contribution is -0.127. The van der Waals surface area contributed by atoms with Crippen LogP contribution in [0.4, 0.5) is 14.9 Å². The molecular formula is C31H30FN3O5. The molecular weight excluding hydrogens is 513 g/mol. The maximum absolute atomic E-state index is 13.3. The van der Waals surface area contributed by atoms with E-state index in [9.17, 15) is 18.8 Å². The minimum atomic E-state index is -0.689. The second-order valence-corrected chi connectivity index (χ2v) is 9.14. The molecule has 0 saturated carbocycles. The topological polar surface area (TPSA) is 97.0 Å². The van der Waals surface area contributed by atoms with Crippen LogP contribution < -0.4 is 20.1 Å². The second-order valence-electron chi connectivity index (χ2n) is 9.14. The highest BCUT2D eigenvalue weighted by atomic mass is 19.1. The lowest BCUT2D eigenvalue weighted by atomic mass is 10.0. The molecule has 0 atom stereocenters. The number of carbonyl (C=O) groups is 3. The Balaban J connectivity index is 1.54. The number of halogens is 1. The first-order chi connectivity index (χ1) is 19.3. The summed E-state index contributed by atoms with van der Waals surface area (Å²) < 4.78 is 25.2. The summed E-state index contributed by atoms with van der Waals surface area (Å²) in [7, 11) is 0. The van der Waals surface area contributed by atoms with Gasteiger partial charge in [-0.15, -0.1) is 6.58 Å². The molecule has 0 spiro atoms. The molecule has 1 fully saturated rings. The van der Waals surface area contributed by atoms with Gasteiger partial charge in [-0.3, -0.25) is 9.59 Å². The summed E-state index contributed by atoms with van der Waals surface area (Å²) in [6, 6.07) is 16.0. The van der Waals surface area contributed by atoms with Gasteiger partial charge in [-0.2, -0.15) is 0 Å². The zero-order valence-corrected chi connectivity index (χ0v) is 22.3. The van der Waals surface area contributed by atoms with Crippen molar-refractivity contribution in [1.82, 2.24) is 10.2 Å². The van der Waals surface area contributed by atoms with Crippen molar-refractivity contribution in [2.75, 3.05) is 18.5 Å². The van der Waals surface area contributed by atoms with Crippen LogP contribution in [0, 0.1) is 12.7 Å². The van der Waals surface area contributed by atoms with Crippen LogP contribution in [0.15, 0.2) is 79.0 Å². The number of imide groups is 1. The fourth-order valence-electron chi connectivity index (χ4n) is 4.10. The Labute approximate surface area is 232 Å². The second kappa shape index (κ2) is 12.8. The molecule has 40 heavy (non-hydrogen) atoms. The third-order valence-electron chi connectivity index (χ3n) is 6.02. The SMILES string of the molecule is C=CCc1cc(/C=C2/NC(=O)N(CC(=O)Nc3ccc(C)cc3)C2=O)cc(OCC)c1OCc1ccc(F)cc1. The van der Waals surface area contributed by atoms with Gasteiger partial charge < -0.3 is 20.1 Å². The van der Waals surface area contributed by atoms with Crippen molar-refractivity contribution in [1.29, 1.82) is 0 Å². The molecule has 0 radical (unpaired) electrons. The van der Waals surface area contributed by atoms with Crippen molar-refractivity contribution >= 4 is 29.6 Å². The molecule has 3 aromatic rings. The number of allylic oxidation sites excluding steroid dienone is 1. The molecule has 2 N–H and O–H groups in total. The molecule has 0 bridgehead atoms. The van der Waals surface area contributed by atoms with Crippen molar-refractivity contribution < 1.29 is 28.2 Å². The zero-order valence-electron chi connectivity index (χ0n) is 22.3. The van der Waals surface area contributed by atoms with Gasteiger partial charge in [-0.05, 0) is 73.9 Å². The lowest BCUT2D eigenvalue weighted by Crippen LogP contribution is -2.38. The number of carbonyl (C=O) groups excluding carboxylic acids is 3. The van der Waals surface area contributed by atoms with E-state index in [1.54, 1.807) is 36.4 Å². The van der Waals surface area contributed by atoms with E-state index in [2.05, 4.69) is 17.2 Å². The number of urea groups is 1. The predicted octanol–water partition coefficient (Wildman–Crippen LogP) is 5.37. The smallest absolute Gasteiger partial charge is 0.329 e. The van der Waals surface area contributed by atoms with Gasteiger partial charge in [-0.1, -0.05) is 35.9 Å². The van der Waals surface area contributed by atoms with Crippen LogP contribution in [0.3, 0.4) is 0 Å². The van der Waals surface area contributed by atoms with Crippen molar-refractivity contribution in [3.05, 3.63) is 107 Å². The number of hydrogen-bond acceptors (Lipinski definition) is 5. The molecule has 1 aliphatic heterocycles. The summed E-state index contributed by atoms with van der Waals surface area (Å²) in [6.07, 6.45) is 3.68. The van der Waals surface area contributed by atoms with Gasteiger partial charge >= 0.3 is 6.03 Å². The van der Waals surface area contributed by atoms with Crippen molar-refractivity contribution in [3.8, 4) is 11.5 Å². The van der Waals surface area contributed by atoms with Crippen molar-refractivity contribution in [3.63, 3.8) is 0 Å². The predicted molar refractivity (Wildman–Crippen MR) is 150 cm³/mol. The highest BCUT2D eigenvalue weighted by Crippen LogP contribution is 2.35. The van der Waals surface area contributed by atoms with Crippen molar-refractivity contribution in [2.45, 2.75) is 26.9 Å².